The lowest BCUT2D eigenvalue weighted by molar-refractivity contribution is 0.141. The van der Waals surface area contributed by atoms with Crippen LogP contribution in [-0.2, 0) is 0 Å². The van der Waals surface area contributed by atoms with Gasteiger partial charge in [-0.1, -0.05) is 6.42 Å². The van der Waals surface area contributed by atoms with E-state index in [1.54, 1.807) is 32.5 Å². The number of methoxy groups -OCH3 is 2. The highest BCUT2D eigenvalue weighted by molar-refractivity contribution is 5.88. The molecule has 0 unspecified atom stereocenters. The van der Waals surface area contributed by atoms with E-state index in [4.69, 9.17) is 20.2 Å². The molecule has 1 aromatic carbocycles. The largest absolute Gasteiger partial charge is 0.493 e. The molecule has 0 aliphatic carbocycles. The second kappa shape index (κ2) is 10.9. The number of benzene rings is 1. The molecule has 0 radical (unpaired) electrons. The fourth-order valence-corrected chi connectivity index (χ4v) is 5.59. The van der Waals surface area contributed by atoms with Gasteiger partial charge in [-0.3, -0.25) is 0 Å². The van der Waals surface area contributed by atoms with Gasteiger partial charge in [0.1, 0.15) is 12.1 Å². The molecule has 2 aliphatic heterocycles. The maximum atomic E-state index is 6.24. The molecule has 2 fully saturated rings. The summed E-state index contributed by atoms with van der Waals surface area (Å²) in [6.07, 6.45) is 9.71. The predicted molar refractivity (Wildman–Crippen MR) is 150 cm³/mol. The van der Waals surface area contributed by atoms with Crippen LogP contribution < -0.4 is 25.4 Å². The van der Waals surface area contributed by atoms with Crippen LogP contribution in [0.1, 0.15) is 32.1 Å². The predicted octanol–water partition coefficient (Wildman–Crippen LogP) is 3.40. The summed E-state index contributed by atoms with van der Waals surface area (Å²) in [7, 11) is 3.16. The Morgan fingerprint density at radius 3 is 2.41 bits per heavy atom. The van der Waals surface area contributed by atoms with Gasteiger partial charge in [0.2, 0.25) is 11.9 Å². The molecule has 3 aromatic heterocycles. The molecular weight excluding hydrogens is 496 g/mol. The van der Waals surface area contributed by atoms with E-state index < -0.39 is 0 Å². The minimum Gasteiger partial charge on any atom is -0.493 e. The average molecular weight is 531 g/mol. The number of likely N-dealkylation sites (tertiary alicyclic amines) is 1. The number of ether oxygens (including phenoxy) is 2. The Balaban J connectivity index is 1.15. The third-order valence-corrected chi connectivity index (χ3v) is 7.65. The van der Waals surface area contributed by atoms with Gasteiger partial charge in [-0.2, -0.15) is 9.67 Å². The molecule has 0 spiro atoms. The number of fused-ring (bicyclic) bond motifs is 1. The molecule has 3 N–H and O–H groups in total. The third-order valence-electron chi connectivity index (χ3n) is 7.65. The van der Waals surface area contributed by atoms with Crippen LogP contribution in [0.4, 0.5) is 23.4 Å². The maximum Gasteiger partial charge on any atom is 0.248 e. The number of nitrogens with zero attached hydrogens (tertiary/aromatic N) is 8. The van der Waals surface area contributed by atoms with Crippen molar-refractivity contribution in [3.63, 3.8) is 0 Å². The first-order valence-corrected chi connectivity index (χ1v) is 13.4. The number of pyridine rings is 1. The molecule has 2 aliphatic rings. The van der Waals surface area contributed by atoms with Gasteiger partial charge >= 0.3 is 0 Å². The zero-order valence-electron chi connectivity index (χ0n) is 22.4. The van der Waals surface area contributed by atoms with E-state index in [0.29, 0.717) is 40.2 Å². The summed E-state index contributed by atoms with van der Waals surface area (Å²) in [4.78, 5) is 22.9. The van der Waals surface area contributed by atoms with Crippen LogP contribution in [0.2, 0.25) is 0 Å². The molecule has 4 aromatic rings. The number of aromatic nitrogens is 6. The second-order valence-corrected chi connectivity index (χ2v) is 9.97. The van der Waals surface area contributed by atoms with E-state index in [9.17, 15) is 0 Å². The first-order valence-electron chi connectivity index (χ1n) is 13.4. The molecule has 39 heavy (non-hydrogen) atoms. The minimum atomic E-state index is 0.188. The number of nitrogens with two attached hydrogens (primary N) is 1. The molecule has 0 amide bonds. The van der Waals surface area contributed by atoms with E-state index >= 15 is 0 Å². The smallest absolute Gasteiger partial charge is 0.248 e. The highest BCUT2D eigenvalue weighted by Gasteiger charge is 2.26. The standard InChI is InChI=1S/C27H34N10O2/c1-38-22-14-20-21(15-23(22)39-2)30-17-31-25(20)37-26(28)33-27(34-37)32-18-6-7-24(29-16-18)36-12-8-19(9-13-36)35-10-4-3-5-11-35/h6-7,14-17,19H,3-5,8-13H2,1-2H3,(H3,28,32,33,34). The SMILES string of the molecule is COc1cc2ncnc(-n3nc(Nc4ccc(N5CCC(N6CCCCC6)CC5)nc4)nc3N)c2cc1OC. The lowest BCUT2D eigenvalue weighted by Crippen LogP contribution is -2.46. The summed E-state index contributed by atoms with van der Waals surface area (Å²) in [5.74, 6) is 3.14. The van der Waals surface area contributed by atoms with Gasteiger partial charge in [0.15, 0.2) is 17.3 Å². The number of rotatable bonds is 7. The Morgan fingerprint density at radius 2 is 1.69 bits per heavy atom. The third kappa shape index (κ3) is 5.11. The lowest BCUT2D eigenvalue weighted by Gasteiger charge is -2.40. The monoisotopic (exact) mass is 530 g/mol. The zero-order chi connectivity index (χ0) is 26.8. The number of nitrogens with one attached hydrogen (secondary N) is 1. The van der Waals surface area contributed by atoms with Gasteiger partial charge < -0.3 is 30.3 Å². The summed E-state index contributed by atoms with van der Waals surface area (Å²) in [6.45, 7) is 4.59. The van der Waals surface area contributed by atoms with Crippen molar-refractivity contribution in [3.05, 3.63) is 36.8 Å². The van der Waals surface area contributed by atoms with Crippen LogP contribution in [0.15, 0.2) is 36.8 Å². The molecule has 12 heteroatoms. The number of piperidine rings is 2. The van der Waals surface area contributed by atoms with Crippen molar-refractivity contribution in [3.8, 4) is 17.3 Å². The maximum absolute atomic E-state index is 6.24. The summed E-state index contributed by atoms with van der Waals surface area (Å²) in [6, 6.07) is 8.34. The van der Waals surface area contributed by atoms with Crippen LogP contribution in [0, 0.1) is 0 Å². The van der Waals surface area contributed by atoms with Crippen molar-refractivity contribution in [2.45, 2.75) is 38.1 Å². The molecule has 12 nitrogen and oxygen atoms in total. The summed E-state index contributed by atoms with van der Waals surface area (Å²) in [5, 5.41) is 8.46. The van der Waals surface area contributed by atoms with Crippen LogP contribution >= 0.6 is 0 Å². The van der Waals surface area contributed by atoms with Crippen molar-refractivity contribution in [2.24, 2.45) is 0 Å². The zero-order valence-corrected chi connectivity index (χ0v) is 22.4. The average Bonchev–Trinajstić information content (AvgIpc) is 3.36. The Labute approximate surface area is 227 Å². The van der Waals surface area contributed by atoms with Crippen molar-refractivity contribution in [1.82, 2.24) is 34.6 Å². The highest BCUT2D eigenvalue weighted by atomic mass is 16.5. The number of hydrogen-bond acceptors (Lipinski definition) is 11. The van der Waals surface area contributed by atoms with E-state index in [-0.39, 0.29) is 5.95 Å². The fourth-order valence-electron chi connectivity index (χ4n) is 5.59. The van der Waals surface area contributed by atoms with Gasteiger partial charge in [-0.25, -0.2) is 15.0 Å². The van der Waals surface area contributed by atoms with E-state index in [0.717, 1.165) is 24.6 Å². The van der Waals surface area contributed by atoms with Crippen LogP contribution in [0.3, 0.4) is 0 Å². The Morgan fingerprint density at radius 1 is 0.923 bits per heavy atom. The molecule has 0 atom stereocenters. The van der Waals surface area contributed by atoms with Gasteiger partial charge in [0, 0.05) is 30.6 Å². The minimum absolute atomic E-state index is 0.188. The van der Waals surface area contributed by atoms with Crippen LogP contribution in [-0.4, -0.2) is 81.1 Å². The lowest BCUT2D eigenvalue weighted by atomic mass is 10.00. The molecular formula is C27H34N10O2. The van der Waals surface area contributed by atoms with E-state index in [1.807, 2.05) is 12.1 Å². The number of hydrogen-bond donors (Lipinski definition) is 2. The Kier molecular flexibility index (Phi) is 7.01. The molecule has 5 heterocycles. The normalized spacial score (nSPS) is 16.9. The summed E-state index contributed by atoms with van der Waals surface area (Å²) < 4.78 is 12.3. The molecule has 2 saturated heterocycles. The number of anilines is 4. The van der Waals surface area contributed by atoms with Crippen LogP contribution in [0.25, 0.3) is 16.7 Å². The van der Waals surface area contributed by atoms with Crippen molar-refractivity contribution >= 4 is 34.3 Å². The first-order chi connectivity index (χ1) is 19.1. The second-order valence-electron chi connectivity index (χ2n) is 9.97. The molecule has 0 bridgehead atoms. The topological polar surface area (TPSA) is 132 Å². The quantitative estimate of drug-likeness (QED) is 0.364. The molecule has 204 valence electrons. The first kappa shape index (κ1) is 25.1. The van der Waals surface area contributed by atoms with Gasteiger partial charge in [-0.05, 0) is 57.0 Å². The molecule has 0 saturated carbocycles. The van der Waals surface area contributed by atoms with Gasteiger partial charge in [0.25, 0.3) is 0 Å². The number of nitrogen functional groups attached to an aromatic ring is 1. The fraction of sp³-hybridized carbons (Fsp3) is 0.444. The Hall–Kier alpha value is -4.19. The van der Waals surface area contributed by atoms with Gasteiger partial charge in [-0.15, -0.1) is 5.10 Å². The van der Waals surface area contributed by atoms with Crippen molar-refractivity contribution < 1.29 is 9.47 Å². The van der Waals surface area contributed by atoms with Crippen LogP contribution in [0.5, 0.6) is 11.5 Å². The highest BCUT2D eigenvalue weighted by Crippen LogP contribution is 2.33. The molecule has 6 rings (SSSR count). The summed E-state index contributed by atoms with van der Waals surface area (Å²) >= 11 is 0. The van der Waals surface area contributed by atoms with Gasteiger partial charge in [0.05, 0.1) is 31.6 Å². The van der Waals surface area contributed by atoms with Crippen molar-refractivity contribution in [2.75, 3.05) is 56.3 Å². The summed E-state index contributed by atoms with van der Waals surface area (Å²) in [5.41, 5.74) is 7.68. The Bertz CT molecular complexity index is 1430. The van der Waals surface area contributed by atoms with Crippen molar-refractivity contribution in [1.29, 1.82) is 0 Å². The van der Waals surface area contributed by atoms with E-state index in [1.165, 1.54) is 56.2 Å². The van der Waals surface area contributed by atoms with E-state index in [2.05, 4.69) is 35.2 Å².